The van der Waals surface area contributed by atoms with E-state index in [-0.39, 0.29) is 11.5 Å². The molecule has 0 aliphatic heterocycles. The summed E-state index contributed by atoms with van der Waals surface area (Å²) < 4.78 is 19.3. The summed E-state index contributed by atoms with van der Waals surface area (Å²) in [7, 11) is 0. The lowest BCUT2D eigenvalue weighted by Gasteiger charge is -2.22. The highest BCUT2D eigenvalue weighted by Crippen LogP contribution is 2.20. The molecule has 1 fully saturated rings. The van der Waals surface area contributed by atoms with Gasteiger partial charge < -0.3 is 15.8 Å². The summed E-state index contributed by atoms with van der Waals surface area (Å²) in [6, 6.07) is 2.71. The largest absolute Gasteiger partial charge is 0.398 e. The Kier molecular flexibility index (Phi) is 5.56. The molecule has 1 amide bonds. The minimum Gasteiger partial charge on any atom is -0.398 e. The third kappa shape index (κ3) is 4.43. The van der Waals surface area contributed by atoms with Gasteiger partial charge in [-0.05, 0) is 31.9 Å². The third-order valence-electron chi connectivity index (χ3n) is 3.94. The standard InChI is InChI=1S/C16H23FN2O2/c1-11-14(17)9-12(10-15(11)18)16(20)19-7-8-21-13-5-3-2-4-6-13/h9-10,13H,2-8,18H2,1H3,(H,19,20). The fourth-order valence-electron chi connectivity index (χ4n) is 2.56. The van der Waals surface area contributed by atoms with E-state index in [4.69, 9.17) is 10.5 Å². The van der Waals surface area contributed by atoms with Crippen LogP contribution in [0, 0.1) is 12.7 Å². The van der Waals surface area contributed by atoms with Gasteiger partial charge in [0.1, 0.15) is 5.82 Å². The van der Waals surface area contributed by atoms with Gasteiger partial charge in [0.15, 0.2) is 0 Å². The van der Waals surface area contributed by atoms with Crippen molar-refractivity contribution in [2.45, 2.75) is 45.1 Å². The topological polar surface area (TPSA) is 64.4 Å². The number of nitrogens with two attached hydrogens (primary N) is 1. The Bertz CT molecular complexity index is 476. The number of anilines is 1. The second kappa shape index (κ2) is 7.41. The molecule has 0 atom stereocenters. The maximum absolute atomic E-state index is 13.5. The molecule has 0 aromatic heterocycles. The van der Waals surface area contributed by atoms with Gasteiger partial charge in [0, 0.05) is 23.4 Å². The summed E-state index contributed by atoms with van der Waals surface area (Å²) in [6.45, 7) is 2.50. The average Bonchev–Trinajstić information content (AvgIpc) is 2.49. The van der Waals surface area contributed by atoms with E-state index in [0.717, 1.165) is 12.8 Å². The first-order valence-corrected chi connectivity index (χ1v) is 7.53. The molecule has 0 radical (unpaired) electrons. The molecule has 5 heteroatoms. The van der Waals surface area contributed by atoms with Crippen LogP contribution in [0.2, 0.25) is 0 Å². The van der Waals surface area contributed by atoms with Gasteiger partial charge in [-0.25, -0.2) is 4.39 Å². The highest BCUT2D eigenvalue weighted by molar-refractivity contribution is 5.95. The fraction of sp³-hybridized carbons (Fsp3) is 0.562. The number of rotatable bonds is 5. The van der Waals surface area contributed by atoms with E-state index < -0.39 is 5.82 Å². The van der Waals surface area contributed by atoms with Crippen molar-refractivity contribution in [3.63, 3.8) is 0 Å². The lowest BCUT2D eigenvalue weighted by molar-refractivity contribution is 0.0299. The first-order chi connectivity index (χ1) is 10.1. The summed E-state index contributed by atoms with van der Waals surface area (Å²) >= 11 is 0. The smallest absolute Gasteiger partial charge is 0.251 e. The summed E-state index contributed by atoms with van der Waals surface area (Å²) in [5.74, 6) is -0.786. The van der Waals surface area contributed by atoms with Gasteiger partial charge in [-0.15, -0.1) is 0 Å². The zero-order valence-corrected chi connectivity index (χ0v) is 12.5. The lowest BCUT2D eigenvalue weighted by Crippen LogP contribution is -2.29. The van der Waals surface area contributed by atoms with E-state index in [1.807, 2.05) is 0 Å². The fourth-order valence-corrected chi connectivity index (χ4v) is 2.56. The molecule has 0 bridgehead atoms. The van der Waals surface area contributed by atoms with Crippen LogP contribution in [-0.2, 0) is 4.74 Å². The molecule has 1 aromatic carbocycles. The zero-order chi connectivity index (χ0) is 15.2. The van der Waals surface area contributed by atoms with E-state index in [9.17, 15) is 9.18 Å². The maximum atomic E-state index is 13.5. The summed E-state index contributed by atoms with van der Waals surface area (Å²) in [6.07, 6.45) is 6.26. The van der Waals surface area contributed by atoms with Gasteiger partial charge >= 0.3 is 0 Å². The van der Waals surface area contributed by atoms with E-state index in [0.29, 0.717) is 30.5 Å². The average molecular weight is 294 g/mol. The van der Waals surface area contributed by atoms with Crippen LogP contribution in [0.25, 0.3) is 0 Å². The summed E-state index contributed by atoms with van der Waals surface area (Å²) in [5, 5.41) is 2.73. The van der Waals surface area contributed by atoms with E-state index in [2.05, 4.69) is 5.32 Å². The third-order valence-corrected chi connectivity index (χ3v) is 3.94. The Labute approximate surface area is 124 Å². The van der Waals surface area contributed by atoms with Crippen molar-refractivity contribution in [1.29, 1.82) is 0 Å². The molecule has 0 spiro atoms. The number of hydrogen-bond donors (Lipinski definition) is 2. The van der Waals surface area contributed by atoms with Crippen LogP contribution in [-0.4, -0.2) is 25.2 Å². The molecular formula is C16H23FN2O2. The van der Waals surface area contributed by atoms with Crippen molar-refractivity contribution in [2.24, 2.45) is 0 Å². The summed E-state index contributed by atoms with van der Waals surface area (Å²) in [4.78, 5) is 11.9. The first kappa shape index (κ1) is 15.8. The Morgan fingerprint density at radius 2 is 2.10 bits per heavy atom. The molecule has 0 heterocycles. The van der Waals surface area contributed by atoms with Crippen LogP contribution < -0.4 is 11.1 Å². The Hall–Kier alpha value is -1.62. The van der Waals surface area contributed by atoms with Crippen LogP contribution in [0.3, 0.4) is 0 Å². The van der Waals surface area contributed by atoms with Crippen molar-refractivity contribution in [3.05, 3.63) is 29.1 Å². The Morgan fingerprint density at radius 3 is 2.76 bits per heavy atom. The van der Waals surface area contributed by atoms with Gasteiger partial charge in [0.25, 0.3) is 5.91 Å². The van der Waals surface area contributed by atoms with Crippen molar-refractivity contribution < 1.29 is 13.9 Å². The minimum absolute atomic E-state index is 0.244. The van der Waals surface area contributed by atoms with Gasteiger partial charge in [0.2, 0.25) is 0 Å². The molecule has 2 rings (SSSR count). The molecule has 1 aliphatic rings. The Morgan fingerprint density at radius 1 is 1.38 bits per heavy atom. The van der Waals surface area contributed by atoms with E-state index >= 15 is 0 Å². The quantitative estimate of drug-likeness (QED) is 0.648. The van der Waals surface area contributed by atoms with E-state index in [1.54, 1.807) is 6.92 Å². The molecule has 4 nitrogen and oxygen atoms in total. The molecule has 1 aromatic rings. The number of benzene rings is 1. The highest BCUT2D eigenvalue weighted by Gasteiger charge is 2.14. The maximum Gasteiger partial charge on any atom is 0.251 e. The number of nitrogen functional groups attached to an aromatic ring is 1. The number of halogens is 1. The van der Waals surface area contributed by atoms with Crippen molar-refractivity contribution >= 4 is 11.6 Å². The SMILES string of the molecule is Cc1c(N)cc(C(=O)NCCOC2CCCCC2)cc1F. The van der Waals surface area contributed by atoms with Crippen LogP contribution in [0.15, 0.2) is 12.1 Å². The Balaban J connectivity index is 1.76. The number of carbonyl (C=O) groups is 1. The number of carbonyl (C=O) groups excluding carboxylic acids is 1. The molecule has 1 saturated carbocycles. The lowest BCUT2D eigenvalue weighted by atomic mass is 9.98. The van der Waals surface area contributed by atoms with Crippen molar-refractivity contribution in [2.75, 3.05) is 18.9 Å². The molecule has 0 saturated heterocycles. The second-order valence-electron chi connectivity index (χ2n) is 5.56. The highest BCUT2D eigenvalue weighted by atomic mass is 19.1. The number of nitrogens with one attached hydrogen (secondary N) is 1. The van der Waals surface area contributed by atoms with Gasteiger partial charge in [0.05, 0.1) is 12.7 Å². The summed E-state index contributed by atoms with van der Waals surface area (Å²) in [5.41, 5.74) is 6.57. The van der Waals surface area contributed by atoms with Gasteiger partial charge in [-0.2, -0.15) is 0 Å². The molecular weight excluding hydrogens is 271 g/mol. The van der Waals surface area contributed by atoms with Crippen LogP contribution >= 0.6 is 0 Å². The van der Waals surface area contributed by atoms with Crippen LogP contribution in [0.1, 0.15) is 48.0 Å². The van der Waals surface area contributed by atoms with Crippen molar-refractivity contribution in [1.82, 2.24) is 5.32 Å². The molecule has 21 heavy (non-hydrogen) atoms. The molecule has 3 N–H and O–H groups in total. The van der Waals surface area contributed by atoms with Crippen molar-refractivity contribution in [3.8, 4) is 0 Å². The number of amides is 1. The minimum atomic E-state index is -0.460. The van der Waals surface area contributed by atoms with E-state index in [1.165, 1.54) is 31.4 Å². The van der Waals surface area contributed by atoms with Crippen LogP contribution in [0.5, 0.6) is 0 Å². The zero-order valence-electron chi connectivity index (χ0n) is 12.5. The normalized spacial score (nSPS) is 15.9. The van der Waals surface area contributed by atoms with Gasteiger partial charge in [-0.3, -0.25) is 4.79 Å². The van der Waals surface area contributed by atoms with Crippen LogP contribution in [0.4, 0.5) is 10.1 Å². The molecule has 0 unspecified atom stereocenters. The number of hydrogen-bond acceptors (Lipinski definition) is 3. The first-order valence-electron chi connectivity index (χ1n) is 7.53. The molecule has 116 valence electrons. The number of ether oxygens (including phenoxy) is 1. The predicted molar refractivity (Wildman–Crippen MR) is 80.7 cm³/mol. The monoisotopic (exact) mass is 294 g/mol. The predicted octanol–water partition coefficient (Wildman–Crippen LogP) is 2.80. The molecule has 1 aliphatic carbocycles. The second-order valence-corrected chi connectivity index (χ2v) is 5.56. The van der Waals surface area contributed by atoms with Gasteiger partial charge in [-0.1, -0.05) is 19.3 Å².